The molecule has 2 aromatic rings. The second-order valence-corrected chi connectivity index (χ2v) is 6.23. The number of carbonyl (C=O) groups is 2. The molecule has 2 atom stereocenters. The number of carboxylic acid groups (broad SMARTS) is 1. The molecule has 8 nitrogen and oxygen atoms in total. The van der Waals surface area contributed by atoms with Crippen LogP contribution in [0, 0.1) is 5.82 Å². The summed E-state index contributed by atoms with van der Waals surface area (Å²) in [5, 5.41) is 15.7. The second kappa shape index (κ2) is 9.67. The second-order valence-electron chi connectivity index (χ2n) is 6.23. The first kappa shape index (κ1) is 23.3. The van der Waals surface area contributed by atoms with E-state index in [1.807, 2.05) is 19.9 Å². The van der Waals surface area contributed by atoms with Crippen molar-refractivity contribution < 1.29 is 37.1 Å². The molecule has 12 heteroatoms. The Kier molecular flexibility index (Phi) is 7.51. The lowest BCUT2D eigenvalue weighted by Gasteiger charge is -2.18. The van der Waals surface area contributed by atoms with E-state index < -0.39 is 18.2 Å². The number of carboxylic acids is 1. The van der Waals surface area contributed by atoms with E-state index in [4.69, 9.17) is 14.7 Å². The molecule has 1 aromatic carbocycles. The molecular formula is C18H20F4N4O4. The third-order valence-electron chi connectivity index (χ3n) is 4.14. The van der Waals surface area contributed by atoms with E-state index in [1.165, 1.54) is 15.8 Å². The predicted octanol–water partition coefficient (Wildman–Crippen LogP) is 2.46. The molecule has 164 valence electrons. The highest BCUT2D eigenvalue weighted by Crippen LogP contribution is 2.21. The van der Waals surface area contributed by atoms with Crippen LogP contribution >= 0.6 is 0 Å². The molecule has 1 unspecified atom stereocenters. The molecule has 0 radical (unpaired) electrons. The molecule has 1 saturated heterocycles. The minimum absolute atomic E-state index is 0.0898. The van der Waals surface area contributed by atoms with Gasteiger partial charge in [0.1, 0.15) is 17.5 Å². The molecule has 0 aliphatic carbocycles. The zero-order chi connectivity index (χ0) is 22.5. The Labute approximate surface area is 169 Å². The van der Waals surface area contributed by atoms with Gasteiger partial charge in [0.15, 0.2) is 0 Å². The molecule has 1 amide bonds. The van der Waals surface area contributed by atoms with Crippen LogP contribution in [-0.2, 0) is 14.4 Å². The van der Waals surface area contributed by atoms with Crippen LogP contribution in [0.5, 0.6) is 0 Å². The number of alkyl halides is 3. The summed E-state index contributed by atoms with van der Waals surface area (Å²) in [6, 6.07) is 6.14. The van der Waals surface area contributed by atoms with Gasteiger partial charge in [-0.25, -0.2) is 18.9 Å². The standard InChI is InChI=1S/C16H19FN4O2.C2HF3O2/c1-3-21-16(22)14(10-23-21)19-11(2)12-5-6-15(13(17)9-12)20-8-4-7-18-20;3-2(4,5)1(6)7/h4-9,11,14,19H,3,10H2,1-2H3;(H,6,7)/t11-,14?;/m0./s1. The lowest BCUT2D eigenvalue weighted by atomic mass is 10.1. The number of hydrogen-bond acceptors (Lipinski definition) is 5. The molecule has 0 saturated carbocycles. The van der Waals surface area contributed by atoms with Crippen LogP contribution in [0.1, 0.15) is 25.5 Å². The molecule has 2 N–H and O–H groups in total. The van der Waals surface area contributed by atoms with Crippen LogP contribution in [0.15, 0.2) is 36.7 Å². The number of aromatic nitrogens is 2. The number of nitrogens with zero attached hydrogens (tertiary/aromatic N) is 3. The van der Waals surface area contributed by atoms with Crippen molar-refractivity contribution in [1.29, 1.82) is 0 Å². The van der Waals surface area contributed by atoms with Gasteiger partial charge in [-0.2, -0.15) is 18.3 Å². The number of amides is 1. The van der Waals surface area contributed by atoms with E-state index in [0.717, 1.165) is 5.56 Å². The van der Waals surface area contributed by atoms with Crippen LogP contribution in [0.25, 0.3) is 5.69 Å². The lowest BCUT2D eigenvalue weighted by molar-refractivity contribution is -0.192. The lowest BCUT2D eigenvalue weighted by Crippen LogP contribution is -2.40. The van der Waals surface area contributed by atoms with Gasteiger partial charge in [0, 0.05) is 25.0 Å². The summed E-state index contributed by atoms with van der Waals surface area (Å²) < 4.78 is 47.5. The summed E-state index contributed by atoms with van der Waals surface area (Å²) in [5.74, 6) is -3.20. The number of hydrogen-bond donors (Lipinski definition) is 2. The van der Waals surface area contributed by atoms with Crippen molar-refractivity contribution in [3.8, 4) is 5.69 Å². The summed E-state index contributed by atoms with van der Waals surface area (Å²) in [7, 11) is 0. The third kappa shape index (κ3) is 5.76. The Morgan fingerprint density at radius 3 is 2.57 bits per heavy atom. The summed E-state index contributed by atoms with van der Waals surface area (Å²) in [6.45, 7) is 4.56. The largest absolute Gasteiger partial charge is 0.490 e. The highest BCUT2D eigenvalue weighted by atomic mass is 19.4. The zero-order valence-electron chi connectivity index (χ0n) is 16.1. The molecule has 1 aliphatic heterocycles. The molecule has 3 rings (SSSR count). The molecule has 1 aromatic heterocycles. The van der Waals surface area contributed by atoms with Crippen molar-refractivity contribution in [2.45, 2.75) is 32.1 Å². The number of hydroxylamine groups is 2. The Hall–Kier alpha value is -2.99. The number of aliphatic carboxylic acids is 1. The van der Waals surface area contributed by atoms with Gasteiger partial charge in [0.25, 0.3) is 5.91 Å². The van der Waals surface area contributed by atoms with Crippen LogP contribution in [0.2, 0.25) is 0 Å². The molecular weight excluding hydrogens is 412 g/mol. The van der Waals surface area contributed by atoms with Gasteiger partial charge < -0.3 is 5.11 Å². The Morgan fingerprint density at radius 2 is 2.10 bits per heavy atom. The number of carbonyl (C=O) groups excluding carboxylic acids is 1. The highest BCUT2D eigenvalue weighted by molar-refractivity contribution is 5.82. The van der Waals surface area contributed by atoms with Crippen LogP contribution in [0.3, 0.4) is 0 Å². The van der Waals surface area contributed by atoms with Gasteiger partial charge in [0.2, 0.25) is 0 Å². The highest BCUT2D eigenvalue weighted by Gasteiger charge is 2.38. The van der Waals surface area contributed by atoms with Crippen LogP contribution in [0.4, 0.5) is 17.6 Å². The summed E-state index contributed by atoms with van der Waals surface area (Å²) in [5.41, 5.74) is 1.16. The average molecular weight is 432 g/mol. The molecule has 30 heavy (non-hydrogen) atoms. The first-order chi connectivity index (χ1) is 14.0. The molecule has 0 spiro atoms. The van der Waals surface area contributed by atoms with E-state index in [0.29, 0.717) is 18.8 Å². The molecule has 1 fully saturated rings. The first-order valence-corrected chi connectivity index (χ1v) is 8.84. The van der Waals surface area contributed by atoms with E-state index in [-0.39, 0.29) is 17.8 Å². The van der Waals surface area contributed by atoms with E-state index in [2.05, 4.69) is 10.4 Å². The number of benzene rings is 1. The van der Waals surface area contributed by atoms with Crippen molar-refractivity contribution in [3.63, 3.8) is 0 Å². The molecule has 2 heterocycles. The number of nitrogens with one attached hydrogen (secondary N) is 1. The summed E-state index contributed by atoms with van der Waals surface area (Å²) in [6.07, 6.45) is -1.80. The quantitative estimate of drug-likeness (QED) is 0.705. The Bertz CT molecular complexity index is 874. The van der Waals surface area contributed by atoms with Crippen molar-refractivity contribution in [3.05, 3.63) is 48.0 Å². The fourth-order valence-electron chi connectivity index (χ4n) is 2.63. The Morgan fingerprint density at radius 1 is 1.43 bits per heavy atom. The van der Waals surface area contributed by atoms with Gasteiger partial charge in [-0.3, -0.25) is 14.9 Å². The summed E-state index contributed by atoms with van der Waals surface area (Å²) in [4.78, 5) is 26.2. The van der Waals surface area contributed by atoms with Crippen LogP contribution < -0.4 is 5.32 Å². The number of likely N-dealkylation sites (N-methyl/N-ethyl adjacent to an activating group) is 1. The van der Waals surface area contributed by atoms with Crippen LogP contribution in [-0.4, -0.2) is 57.2 Å². The van der Waals surface area contributed by atoms with Crippen molar-refractivity contribution >= 4 is 11.9 Å². The maximum atomic E-state index is 14.3. The molecule has 0 bridgehead atoms. The Balaban J connectivity index is 0.000000396. The topological polar surface area (TPSA) is 96.7 Å². The zero-order valence-corrected chi connectivity index (χ0v) is 16.1. The van der Waals surface area contributed by atoms with Gasteiger partial charge in [-0.15, -0.1) is 0 Å². The minimum atomic E-state index is -5.08. The minimum Gasteiger partial charge on any atom is -0.475 e. The molecule has 1 aliphatic rings. The monoisotopic (exact) mass is 432 g/mol. The van der Waals surface area contributed by atoms with E-state index in [9.17, 15) is 22.4 Å². The average Bonchev–Trinajstić information content (AvgIpc) is 3.32. The van der Waals surface area contributed by atoms with E-state index in [1.54, 1.807) is 24.5 Å². The van der Waals surface area contributed by atoms with Crippen molar-refractivity contribution in [2.24, 2.45) is 0 Å². The maximum Gasteiger partial charge on any atom is 0.490 e. The fraction of sp³-hybridized carbons (Fsp3) is 0.389. The van der Waals surface area contributed by atoms with Gasteiger partial charge in [-0.05, 0) is 37.6 Å². The fourth-order valence-corrected chi connectivity index (χ4v) is 2.63. The summed E-state index contributed by atoms with van der Waals surface area (Å²) >= 11 is 0. The normalized spacial score (nSPS) is 17.5. The first-order valence-electron chi connectivity index (χ1n) is 8.84. The van der Waals surface area contributed by atoms with Crippen molar-refractivity contribution in [1.82, 2.24) is 20.2 Å². The maximum absolute atomic E-state index is 14.3. The van der Waals surface area contributed by atoms with Gasteiger partial charge >= 0.3 is 12.1 Å². The van der Waals surface area contributed by atoms with E-state index >= 15 is 0 Å². The van der Waals surface area contributed by atoms with Crippen molar-refractivity contribution in [2.75, 3.05) is 13.2 Å². The smallest absolute Gasteiger partial charge is 0.475 e. The third-order valence-corrected chi connectivity index (χ3v) is 4.14. The number of halogens is 4. The SMILES string of the molecule is CCN1OCC(N[C@@H](C)c2ccc(-n3cccn3)c(F)c2)C1=O.O=C(O)C(F)(F)F. The van der Waals surface area contributed by atoms with Gasteiger partial charge in [-0.1, -0.05) is 6.07 Å². The van der Waals surface area contributed by atoms with Gasteiger partial charge in [0.05, 0.1) is 6.61 Å². The predicted molar refractivity (Wildman–Crippen MR) is 95.9 cm³/mol. The number of rotatable bonds is 5.